The summed E-state index contributed by atoms with van der Waals surface area (Å²) < 4.78 is 0. The van der Waals surface area contributed by atoms with E-state index >= 15 is 0 Å². The Morgan fingerprint density at radius 2 is 1.19 bits per heavy atom. The van der Waals surface area contributed by atoms with Gasteiger partial charge in [0.2, 0.25) is 0 Å². The Morgan fingerprint density at radius 1 is 0.688 bits per heavy atom. The predicted molar refractivity (Wildman–Crippen MR) is 79.4 cm³/mol. The van der Waals surface area contributed by atoms with E-state index in [1.165, 1.54) is 76.0 Å². The van der Waals surface area contributed by atoms with Crippen molar-refractivity contribution in [2.45, 2.75) is 77.6 Å². The lowest BCUT2D eigenvalue weighted by molar-refractivity contribution is 0.639. The molecule has 96 valence electrons. The molecular weight excluding hydrogens is 260 g/mol. The quantitative estimate of drug-likeness (QED) is 0.226. The van der Waals surface area contributed by atoms with E-state index in [4.69, 9.17) is 0 Å². The maximum atomic E-state index is 3.47. The first-order valence-electron chi connectivity index (χ1n) is 7.12. The van der Waals surface area contributed by atoms with Gasteiger partial charge in [-0.1, -0.05) is 73.5 Å². The lowest BCUT2D eigenvalue weighted by Gasteiger charge is -1.97. The third kappa shape index (κ3) is 14.2. The van der Waals surface area contributed by atoms with Gasteiger partial charge in [0.25, 0.3) is 0 Å². The Labute approximate surface area is 111 Å². The van der Waals surface area contributed by atoms with Gasteiger partial charge in [0.15, 0.2) is 0 Å². The number of hydrogen-bond acceptors (Lipinski definition) is 0. The van der Waals surface area contributed by atoms with Crippen molar-refractivity contribution in [3.05, 3.63) is 12.2 Å². The first-order valence-corrected chi connectivity index (χ1v) is 8.25. The molecule has 0 aliphatic heterocycles. The highest BCUT2D eigenvalue weighted by molar-refractivity contribution is 9.09. The van der Waals surface area contributed by atoms with Crippen LogP contribution < -0.4 is 0 Å². The molecule has 0 aliphatic rings. The third-order valence-corrected chi connectivity index (χ3v) is 3.46. The molecule has 0 atom stereocenters. The summed E-state index contributed by atoms with van der Waals surface area (Å²) in [6, 6.07) is 0. The summed E-state index contributed by atoms with van der Waals surface area (Å²) in [4.78, 5) is 0. The Bertz CT molecular complexity index is 140. The second kappa shape index (κ2) is 15.2. The summed E-state index contributed by atoms with van der Waals surface area (Å²) in [6.45, 7) is 2.27. The van der Waals surface area contributed by atoms with Gasteiger partial charge in [-0.25, -0.2) is 0 Å². The highest BCUT2D eigenvalue weighted by atomic mass is 79.9. The number of unbranched alkanes of at least 4 members (excludes halogenated alkanes) is 9. The van der Waals surface area contributed by atoms with Gasteiger partial charge in [-0.05, 0) is 32.1 Å². The zero-order valence-electron chi connectivity index (χ0n) is 11.0. The Hall–Kier alpha value is 0.220. The van der Waals surface area contributed by atoms with Gasteiger partial charge >= 0.3 is 0 Å². The van der Waals surface area contributed by atoms with E-state index in [2.05, 4.69) is 35.0 Å². The zero-order chi connectivity index (χ0) is 11.9. The third-order valence-electron chi connectivity index (χ3n) is 2.90. The molecular formula is C15H29Br. The minimum absolute atomic E-state index is 1.17. The van der Waals surface area contributed by atoms with Crippen LogP contribution in [0.1, 0.15) is 77.6 Å². The molecule has 0 aromatic heterocycles. The molecule has 0 aliphatic carbocycles. The molecule has 0 nitrogen and oxygen atoms in total. The van der Waals surface area contributed by atoms with Crippen molar-refractivity contribution < 1.29 is 0 Å². The summed E-state index contributed by atoms with van der Waals surface area (Å²) >= 11 is 3.47. The molecule has 0 heterocycles. The van der Waals surface area contributed by atoms with Crippen LogP contribution in [0, 0.1) is 0 Å². The molecule has 0 bridgehead atoms. The van der Waals surface area contributed by atoms with Crippen LogP contribution in [0.5, 0.6) is 0 Å². The second-order valence-corrected chi connectivity index (χ2v) is 5.36. The second-order valence-electron chi connectivity index (χ2n) is 4.57. The van der Waals surface area contributed by atoms with E-state index in [0.29, 0.717) is 0 Å². The normalized spacial score (nSPS) is 11.4. The molecule has 0 fully saturated rings. The van der Waals surface area contributed by atoms with Gasteiger partial charge < -0.3 is 0 Å². The van der Waals surface area contributed by atoms with E-state index in [9.17, 15) is 0 Å². The maximum absolute atomic E-state index is 3.47. The van der Waals surface area contributed by atoms with Crippen molar-refractivity contribution in [1.29, 1.82) is 0 Å². The fourth-order valence-corrected chi connectivity index (χ4v) is 2.21. The van der Waals surface area contributed by atoms with Crippen LogP contribution in [0.2, 0.25) is 0 Å². The molecule has 0 aromatic carbocycles. The summed E-state index contributed by atoms with van der Waals surface area (Å²) in [5.74, 6) is 0. The monoisotopic (exact) mass is 288 g/mol. The average Bonchev–Trinajstić information content (AvgIpc) is 2.31. The number of hydrogen-bond donors (Lipinski definition) is 0. The number of rotatable bonds is 12. The van der Waals surface area contributed by atoms with Crippen molar-refractivity contribution >= 4 is 15.9 Å². The number of allylic oxidation sites excluding steroid dienone is 2. The van der Waals surface area contributed by atoms with E-state index in [1.807, 2.05) is 0 Å². The first-order chi connectivity index (χ1) is 7.91. The summed E-state index contributed by atoms with van der Waals surface area (Å²) in [6.07, 6.45) is 19.8. The Morgan fingerprint density at radius 3 is 1.75 bits per heavy atom. The van der Waals surface area contributed by atoms with Gasteiger partial charge in [-0.3, -0.25) is 0 Å². The fraction of sp³-hybridized carbons (Fsp3) is 0.867. The van der Waals surface area contributed by atoms with Crippen LogP contribution in [-0.4, -0.2) is 5.33 Å². The summed E-state index contributed by atoms with van der Waals surface area (Å²) in [5, 5.41) is 1.17. The topological polar surface area (TPSA) is 0 Å². The molecule has 0 rings (SSSR count). The van der Waals surface area contributed by atoms with Crippen molar-refractivity contribution in [1.82, 2.24) is 0 Å². The van der Waals surface area contributed by atoms with Crippen LogP contribution >= 0.6 is 15.9 Å². The molecule has 0 saturated carbocycles. The Balaban J connectivity index is 2.98. The summed E-state index contributed by atoms with van der Waals surface area (Å²) in [5.41, 5.74) is 0. The van der Waals surface area contributed by atoms with Crippen LogP contribution in [-0.2, 0) is 0 Å². The Kier molecular flexibility index (Phi) is 15.4. The van der Waals surface area contributed by atoms with Crippen molar-refractivity contribution in [2.24, 2.45) is 0 Å². The predicted octanol–water partition coefficient (Wildman–Crippen LogP) is 6.25. The minimum Gasteiger partial charge on any atom is -0.0928 e. The highest BCUT2D eigenvalue weighted by Gasteiger charge is 1.88. The number of alkyl halides is 1. The molecule has 1 heteroatoms. The van der Waals surface area contributed by atoms with E-state index in [-0.39, 0.29) is 0 Å². The van der Waals surface area contributed by atoms with Gasteiger partial charge in [0.05, 0.1) is 0 Å². The molecule has 0 spiro atoms. The first kappa shape index (κ1) is 16.2. The lowest BCUT2D eigenvalue weighted by Crippen LogP contribution is -1.79. The van der Waals surface area contributed by atoms with Crippen LogP contribution in [0.25, 0.3) is 0 Å². The minimum atomic E-state index is 1.17. The largest absolute Gasteiger partial charge is 0.0928 e. The maximum Gasteiger partial charge on any atom is 0.00313 e. The standard InChI is InChI=1S/C15H29Br/c1-2-3-4-5-6-7-8-9-10-11-12-13-14-15-16/h7-8H,2-6,9-15H2,1H3/b8-7-. The molecule has 0 N–H and O–H groups in total. The van der Waals surface area contributed by atoms with Gasteiger partial charge in [-0.15, -0.1) is 0 Å². The van der Waals surface area contributed by atoms with Gasteiger partial charge in [-0.2, -0.15) is 0 Å². The van der Waals surface area contributed by atoms with Crippen LogP contribution in [0.3, 0.4) is 0 Å². The average molecular weight is 289 g/mol. The van der Waals surface area contributed by atoms with Crippen molar-refractivity contribution in [3.8, 4) is 0 Å². The van der Waals surface area contributed by atoms with Crippen LogP contribution in [0.4, 0.5) is 0 Å². The van der Waals surface area contributed by atoms with Gasteiger partial charge in [0.1, 0.15) is 0 Å². The molecule has 0 unspecified atom stereocenters. The van der Waals surface area contributed by atoms with Crippen molar-refractivity contribution in [3.63, 3.8) is 0 Å². The highest BCUT2D eigenvalue weighted by Crippen LogP contribution is 2.08. The SMILES string of the molecule is CCCCCC/C=C\CCCCCCCBr. The lowest BCUT2D eigenvalue weighted by atomic mass is 10.1. The molecule has 0 amide bonds. The smallest absolute Gasteiger partial charge is 0.00313 e. The van der Waals surface area contributed by atoms with E-state index in [1.54, 1.807) is 0 Å². The van der Waals surface area contributed by atoms with E-state index < -0.39 is 0 Å². The molecule has 16 heavy (non-hydrogen) atoms. The van der Waals surface area contributed by atoms with Crippen LogP contribution in [0.15, 0.2) is 12.2 Å². The molecule has 0 radical (unpaired) electrons. The fourth-order valence-electron chi connectivity index (χ4n) is 1.81. The van der Waals surface area contributed by atoms with Crippen molar-refractivity contribution in [2.75, 3.05) is 5.33 Å². The van der Waals surface area contributed by atoms with E-state index in [0.717, 1.165) is 0 Å². The number of halogens is 1. The summed E-state index contributed by atoms with van der Waals surface area (Å²) in [7, 11) is 0. The zero-order valence-corrected chi connectivity index (χ0v) is 12.6. The molecule has 0 saturated heterocycles. The molecule has 0 aromatic rings. The van der Waals surface area contributed by atoms with Gasteiger partial charge in [0, 0.05) is 5.33 Å².